The van der Waals surface area contributed by atoms with E-state index in [4.69, 9.17) is 6.42 Å². The highest BCUT2D eigenvalue weighted by atomic mass is 16.1. The number of carbonyl (C=O) groups excluding carboxylic acids is 1. The highest BCUT2D eigenvalue weighted by Crippen LogP contribution is 2.16. The van der Waals surface area contributed by atoms with Gasteiger partial charge in [-0.3, -0.25) is 9.78 Å². The number of hydrogen-bond acceptors (Lipinski definition) is 2. The van der Waals surface area contributed by atoms with E-state index in [1.807, 2.05) is 38.1 Å². The minimum atomic E-state index is -0.264. The zero-order valence-electron chi connectivity index (χ0n) is 11.1. The van der Waals surface area contributed by atoms with Crippen LogP contribution in [0.1, 0.15) is 24.2 Å². The molecule has 0 aliphatic carbocycles. The summed E-state index contributed by atoms with van der Waals surface area (Å²) in [5, 5.41) is 3.71. The molecule has 1 unspecified atom stereocenters. The Morgan fingerprint density at radius 2 is 2.05 bits per heavy atom. The molecule has 1 amide bonds. The molecule has 1 N–H and O–H groups in total. The van der Waals surface area contributed by atoms with Crippen LogP contribution in [0.2, 0.25) is 0 Å². The minimum absolute atomic E-state index is 0.157. The fourth-order valence-corrected chi connectivity index (χ4v) is 1.91. The molecule has 3 heteroatoms. The van der Waals surface area contributed by atoms with E-state index in [1.165, 1.54) is 0 Å². The Morgan fingerprint density at radius 1 is 1.32 bits per heavy atom. The summed E-state index contributed by atoms with van der Waals surface area (Å²) in [6.45, 7) is 3.96. The van der Waals surface area contributed by atoms with Gasteiger partial charge >= 0.3 is 0 Å². The Labute approximate surface area is 113 Å². The molecule has 96 valence electrons. The Balaban J connectivity index is 2.35. The van der Waals surface area contributed by atoms with Crippen molar-refractivity contribution in [2.45, 2.75) is 19.9 Å². The van der Waals surface area contributed by atoms with Gasteiger partial charge in [-0.2, -0.15) is 0 Å². The molecule has 1 aromatic carbocycles. The first-order valence-electron chi connectivity index (χ1n) is 6.24. The first-order valence-corrected chi connectivity index (χ1v) is 6.24. The molecule has 0 fully saturated rings. The molecule has 0 radical (unpaired) electrons. The third-order valence-electron chi connectivity index (χ3n) is 3.03. The molecule has 3 nitrogen and oxygen atoms in total. The molecule has 0 saturated carbocycles. The van der Waals surface area contributed by atoms with Crippen molar-refractivity contribution >= 4 is 16.8 Å². The molecular weight excluding hydrogens is 236 g/mol. The van der Waals surface area contributed by atoms with E-state index >= 15 is 0 Å². The molecule has 1 heterocycles. The number of rotatable bonds is 3. The second kappa shape index (κ2) is 5.53. The van der Waals surface area contributed by atoms with Gasteiger partial charge in [0.1, 0.15) is 0 Å². The summed E-state index contributed by atoms with van der Waals surface area (Å²) < 4.78 is 0. The predicted octanol–water partition coefficient (Wildman–Crippen LogP) is 2.62. The Kier molecular flexibility index (Phi) is 3.82. The van der Waals surface area contributed by atoms with E-state index < -0.39 is 0 Å². The van der Waals surface area contributed by atoms with Gasteiger partial charge < -0.3 is 5.32 Å². The van der Waals surface area contributed by atoms with E-state index in [9.17, 15) is 4.79 Å². The quantitative estimate of drug-likeness (QED) is 0.853. The van der Waals surface area contributed by atoms with Gasteiger partial charge in [0.25, 0.3) is 5.91 Å². The lowest BCUT2D eigenvalue weighted by Crippen LogP contribution is -2.37. The van der Waals surface area contributed by atoms with Crippen LogP contribution in [0.4, 0.5) is 0 Å². The topological polar surface area (TPSA) is 42.0 Å². The van der Waals surface area contributed by atoms with Crippen molar-refractivity contribution in [3.63, 3.8) is 0 Å². The lowest BCUT2D eigenvalue weighted by atomic mass is 10.0. The molecule has 0 bridgehead atoms. The van der Waals surface area contributed by atoms with Crippen LogP contribution in [0.5, 0.6) is 0 Å². The van der Waals surface area contributed by atoms with Crippen molar-refractivity contribution in [1.82, 2.24) is 10.3 Å². The minimum Gasteiger partial charge on any atom is -0.338 e. The number of amides is 1. The molecule has 0 aliphatic heterocycles. The number of fused-ring (bicyclic) bond motifs is 1. The summed E-state index contributed by atoms with van der Waals surface area (Å²) in [5.74, 6) is 2.64. The summed E-state index contributed by atoms with van der Waals surface area (Å²) in [6, 6.07) is 9.01. The number of aromatic nitrogens is 1. The SMILES string of the molecule is C#CC(NC(=O)c1ccnc2ccccc12)C(C)C. The highest BCUT2D eigenvalue weighted by Gasteiger charge is 2.16. The maximum Gasteiger partial charge on any atom is 0.253 e. The van der Waals surface area contributed by atoms with Crippen molar-refractivity contribution in [1.29, 1.82) is 0 Å². The summed E-state index contributed by atoms with van der Waals surface area (Å²) in [4.78, 5) is 16.5. The van der Waals surface area contributed by atoms with Crippen molar-refractivity contribution in [2.75, 3.05) is 0 Å². The Hall–Kier alpha value is -2.34. The Bertz CT molecular complexity index is 635. The fraction of sp³-hybridized carbons (Fsp3) is 0.250. The molecule has 0 spiro atoms. The van der Waals surface area contributed by atoms with E-state index in [1.54, 1.807) is 12.3 Å². The number of hydrogen-bond donors (Lipinski definition) is 1. The molecule has 1 atom stereocenters. The van der Waals surface area contributed by atoms with E-state index in [2.05, 4.69) is 16.2 Å². The predicted molar refractivity (Wildman–Crippen MR) is 76.7 cm³/mol. The maximum atomic E-state index is 12.3. The molecular formula is C16H16N2O. The van der Waals surface area contributed by atoms with E-state index in [0.29, 0.717) is 5.56 Å². The van der Waals surface area contributed by atoms with Gasteiger partial charge in [-0.1, -0.05) is 38.0 Å². The molecule has 2 rings (SSSR count). The molecule has 19 heavy (non-hydrogen) atoms. The summed E-state index contributed by atoms with van der Waals surface area (Å²) in [7, 11) is 0. The van der Waals surface area contributed by atoms with Crippen LogP contribution in [-0.4, -0.2) is 16.9 Å². The zero-order chi connectivity index (χ0) is 13.8. The van der Waals surface area contributed by atoms with Gasteiger partial charge in [0.15, 0.2) is 0 Å². The van der Waals surface area contributed by atoms with Crippen LogP contribution in [0.3, 0.4) is 0 Å². The number of pyridine rings is 1. The zero-order valence-corrected chi connectivity index (χ0v) is 11.1. The first kappa shape index (κ1) is 13.1. The summed E-state index contributed by atoms with van der Waals surface area (Å²) in [6.07, 6.45) is 7.07. The fourth-order valence-electron chi connectivity index (χ4n) is 1.91. The highest BCUT2D eigenvalue weighted by molar-refractivity contribution is 6.06. The van der Waals surface area contributed by atoms with Crippen LogP contribution >= 0.6 is 0 Å². The summed E-state index contributed by atoms with van der Waals surface area (Å²) >= 11 is 0. The van der Waals surface area contributed by atoms with Crippen molar-refractivity contribution < 1.29 is 4.79 Å². The number of terminal acetylenes is 1. The largest absolute Gasteiger partial charge is 0.338 e. The third-order valence-corrected chi connectivity index (χ3v) is 3.03. The van der Waals surface area contributed by atoms with Gasteiger partial charge in [0.05, 0.1) is 17.1 Å². The third kappa shape index (κ3) is 2.74. The lowest BCUT2D eigenvalue weighted by Gasteiger charge is -2.17. The lowest BCUT2D eigenvalue weighted by molar-refractivity contribution is 0.0939. The van der Waals surface area contributed by atoms with Gasteiger partial charge in [-0.05, 0) is 18.1 Å². The second-order valence-corrected chi connectivity index (χ2v) is 4.74. The number of nitrogens with one attached hydrogen (secondary N) is 1. The number of carbonyl (C=O) groups is 1. The van der Waals surface area contributed by atoms with Gasteiger partial charge in [-0.15, -0.1) is 6.42 Å². The second-order valence-electron chi connectivity index (χ2n) is 4.74. The van der Waals surface area contributed by atoms with E-state index in [-0.39, 0.29) is 17.9 Å². The molecule has 0 aliphatic rings. The first-order chi connectivity index (χ1) is 9.13. The molecule has 2 aromatic rings. The van der Waals surface area contributed by atoms with E-state index in [0.717, 1.165) is 10.9 Å². The maximum absolute atomic E-state index is 12.3. The molecule has 0 saturated heterocycles. The molecule has 1 aromatic heterocycles. The van der Waals surface area contributed by atoms with Crippen LogP contribution in [-0.2, 0) is 0 Å². The van der Waals surface area contributed by atoms with Crippen molar-refractivity contribution in [3.05, 3.63) is 42.1 Å². The van der Waals surface area contributed by atoms with Crippen LogP contribution in [0, 0.1) is 18.3 Å². The van der Waals surface area contributed by atoms with Crippen molar-refractivity contribution in [2.24, 2.45) is 5.92 Å². The standard InChI is InChI=1S/C16H16N2O/c1-4-14(11(2)3)18-16(19)13-9-10-17-15-8-6-5-7-12(13)15/h1,5-11,14H,2-3H3,(H,18,19). The average Bonchev–Trinajstić information content (AvgIpc) is 2.43. The summed E-state index contributed by atoms with van der Waals surface area (Å²) in [5.41, 5.74) is 1.41. The number of para-hydroxylation sites is 1. The van der Waals surface area contributed by atoms with Gasteiger partial charge in [0.2, 0.25) is 0 Å². The number of nitrogens with zero attached hydrogens (tertiary/aromatic N) is 1. The van der Waals surface area contributed by atoms with Gasteiger partial charge in [-0.25, -0.2) is 0 Å². The van der Waals surface area contributed by atoms with Crippen molar-refractivity contribution in [3.8, 4) is 12.3 Å². The van der Waals surface area contributed by atoms with Crippen LogP contribution in [0.25, 0.3) is 10.9 Å². The number of benzene rings is 1. The smallest absolute Gasteiger partial charge is 0.253 e. The monoisotopic (exact) mass is 252 g/mol. The normalized spacial score (nSPS) is 12.1. The average molecular weight is 252 g/mol. The Morgan fingerprint density at radius 3 is 2.74 bits per heavy atom. The van der Waals surface area contributed by atoms with Crippen LogP contribution < -0.4 is 5.32 Å². The van der Waals surface area contributed by atoms with Crippen LogP contribution in [0.15, 0.2) is 36.5 Å². The van der Waals surface area contributed by atoms with Gasteiger partial charge in [0, 0.05) is 11.6 Å².